The van der Waals surface area contributed by atoms with Crippen molar-refractivity contribution in [3.05, 3.63) is 69.4 Å². The number of hydrogen-bond acceptors (Lipinski definition) is 2. The predicted octanol–water partition coefficient (Wildman–Crippen LogP) is 4.57. The largest absolute Gasteiger partial charge is 0.632 e. The summed E-state index contributed by atoms with van der Waals surface area (Å²) in [5, 5.41) is 23.8. The Morgan fingerprint density at radius 2 is 1.92 bits per heavy atom. The summed E-state index contributed by atoms with van der Waals surface area (Å²) in [6.07, 6.45) is 3.99. The van der Waals surface area contributed by atoms with Crippen LogP contribution < -0.4 is 0 Å². The quantitative estimate of drug-likeness (QED) is 0.656. The van der Waals surface area contributed by atoms with E-state index in [9.17, 15) is 10.3 Å². The van der Waals surface area contributed by atoms with Gasteiger partial charge in [-0.25, -0.2) is 0 Å². The summed E-state index contributed by atoms with van der Waals surface area (Å²) in [6, 6.07) is 12.3. The Hall–Kier alpha value is -1.84. The lowest BCUT2D eigenvalue weighted by Crippen LogP contribution is -2.51. The number of aromatic hydroxyl groups is 1. The highest BCUT2D eigenvalue weighted by molar-refractivity contribution is 5.38. The molecule has 2 atom stereocenters. The number of rotatable bonds is 4. The summed E-state index contributed by atoms with van der Waals surface area (Å²) in [5.74, 6) is 0.932. The molecule has 132 valence electrons. The zero-order valence-electron chi connectivity index (χ0n) is 15.2. The molecule has 2 aromatic rings. The van der Waals surface area contributed by atoms with Gasteiger partial charge in [0, 0.05) is 24.3 Å². The fraction of sp³-hybridized carbons (Fsp3) is 0.455. The topological polar surface area (TPSA) is 43.3 Å². The first-order valence-electron chi connectivity index (χ1n) is 9.40. The Bertz CT molecular complexity index is 797. The monoisotopic (exact) mass is 337 g/mol. The van der Waals surface area contributed by atoms with Gasteiger partial charge in [0.05, 0.1) is 13.1 Å². The number of phenolic OH excluding ortho intramolecular Hbond substituents is 1. The van der Waals surface area contributed by atoms with Gasteiger partial charge in [0.15, 0.2) is 0 Å². The van der Waals surface area contributed by atoms with Gasteiger partial charge in [-0.2, -0.15) is 0 Å². The minimum absolute atomic E-state index is 0.0629. The number of phenols is 1. The molecule has 1 saturated carbocycles. The molecule has 0 saturated heterocycles. The van der Waals surface area contributed by atoms with Crippen molar-refractivity contribution in [1.29, 1.82) is 0 Å². The maximum absolute atomic E-state index is 13.8. The molecule has 1 N–H and O–H groups in total. The van der Waals surface area contributed by atoms with Crippen molar-refractivity contribution in [3.8, 4) is 5.75 Å². The van der Waals surface area contributed by atoms with E-state index in [1.165, 1.54) is 29.5 Å². The van der Waals surface area contributed by atoms with Crippen molar-refractivity contribution in [1.82, 2.24) is 0 Å². The fourth-order valence-corrected chi connectivity index (χ4v) is 4.23. The minimum atomic E-state index is -0.102. The van der Waals surface area contributed by atoms with Crippen LogP contribution in [-0.4, -0.2) is 22.8 Å². The lowest BCUT2D eigenvalue weighted by atomic mass is 9.87. The molecule has 1 heterocycles. The second-order valence-electron chi connectivity index (χ2n) is 8.09. The summed E-state index contributed by atoms with van der Waals surface area (Å²) in [6.45, 7) is 5.44. The van der Waals surface area contributed by atoms with E-state index < -0.39 is 0 Å². The summed E-state index contributed by atoms with van der Waals surface area (Å²) in [5.41, 5.74) is 5.74. The van der Waals surface area contributed by atoms with Crippen molar-refractivity contribution in [3.63, 3.8) is 0 Å². The Morgan fingerprint density at radius 3 is 2.64 bits per heavy atom. The minimum Gasteiger partial charge on any atom is -0.632 e. The summed E-state index contributed by atoms with van der Waals surface area (Å²) in [7, 11) is 0. The normalized spacial score (nSPS) is 25.6. The van der Waals surface area contributed by atoms with Crippen molar-refractivity contribution >= 4 is 0 Å². The zero-order chi connectivity index (χ0) is 17.6. The zero-order valence-corrected chi connectivity index (χ0v) is 15.2. The summed E-state index contributed by atoms with van der Waals surface area (Å²) < 4.78 is -0.102. The first kappa shape index (κ1) is 16.6. The smallest absolute Gasteiger partial charge is 0.119 e. The molecule has 0 spiro atoms. The number of aryl methyl sites for hydroxylation is 2. The van der Waals surface area contributed by atoms with Crippen molar-refractivity contribution in [2.45, 2.75) is 45.6 Å². The molecule has 0 radical (unpaired) electrons. The van der Waals surface area contributed by atoms with Crippen molar-refractivity contribution in [2.24, 2.45) is 5.92 Å². The van der Waals surface area contributed by atoms with Gasteiger partial charge in [0.25, 0.3) is 0 Å². The lowest BCUT2D eigenvalue weighted by molar-refractivity contribution is -0.915. The molecule has 1 aliphatic carbocycles. The number of fused-ring (bicyclic) bond motifs is 1. The third kappa shape index (κ3) is 3.31. The van der Waals surface area contributed by atoms with Gasteiger partial charge < -0.3 is 15.0 Å². The number of hydrogen-bond donors (Lipinski definition) is 1. The Kier molecular flexibility index (Phi) is 4.09. The van der Waals surface area contributed by atoms with Gasteiger partial charge in [-0.05, 0) is 49.4 Å². The van der Waals surface area contributed by atoms with Crippen LogP contribution in [0.25, 0.3) is 0 Å². The Balaban J connectivity index is 1.71. The number of benzene rings is 2. The third-order valence-corrected chi connectivity index (χ3v) is 5.95. The summed E-state index contributed by atoms with van der Waals surface area (Å²) in [4.78, 5) is 0. The predicted molar refractivity (Wildman–Crippen MR) is 100 cm³/mol. The summed E-state index contributed by atoms with van der Waals surface area (Å²) >= 11 is 0. The van der Waals surface area contributed by atoms with Crippen LogP contribution in [0.2, 0.25) is 0 Å². The third-order valence-electron chi connectivity index (χ3n) is 5.95. The molecular weight excluding hydrogens is 310 g/mol. The van der Waals surface area contributed by atoms with E-state index in [0.717, 1.165) is 24.1 Å². The van der Waals surface area contributed by atoms with Crippen LogP contribution in [0, 0.1) is 25.0 Å². The molecule has 2 aliphatic rings. The average Bonchev–Trinajstić information content (AvgIpc) is 3.37. The van der Waals surface area contributed by atoms with E-state index >= 15 is 0 Å². The molecule has 1 unspecified atom stereocenters. The molecule has 4 rings (SSSR count). The van der Waals surface area contributed by atoms with Crippen molar-refractivity contribution < 1.29 is 9.75 Å². The molecule has 25 heavy (non-hydrogen) atoms. The van der Waals surface area contributed by atoms with Gasteiger partial charge in [0.2, 0.25) is 0 Å². The number of quaternary nitrogens is 1. The lowest BCUT2D eigenvalue weighted by Gasteiger charge is -2.52. The number of hydroxylamine groups is 3. The van der Waals surface area contributed by atoms with Gasteiger partial charge >= 0.3 is 0 Å². The van der Waals surface area contributed by atoms with E-state index in [2.05, 4.69) is 31.2 Å². The van der Waals surface area contributed by atoms with E-state index in [0.29, 0.717) is 24.6 Å². The van der Waals surface area contributed by atoms with Gasteiger partial charge in [0.1, 0.15) is 11.8 Å². The van der Waals surface area contributed by atoms with Crippen LogP contribution in [-0.2, 0) is 12.8 Å². The molecule has 3 heteroatoms. The van der Waals surface area contributed by atoms with Crippen LogP contribution in [0.5, 0.6) is 5.75 Å². The van der Waals surface area contributed by atoms with Crippen LogP contribution >= 0.6 is 0 Å². The van der Waals surface area contributed by atoms with Crippen molar-refractivity contribution in [2.75, 3.05) is 13.1 Å². The van der Waals surface area contributed by atoms with Gasteiger partial charge in [-0.15, -0.1) is 0 Å². The molecule has 2 aromatic carbocycles. The van der Waals surface area contributed by atoms with E-state index in [1.807, 2.05) is 19.1 Å². The number of nitrogens with zero attached hydrogens (tertiary/aromatic N) is 1. The highest BCUT2D eigenvalue weighted by Crippen LogP contribution is 2.42. The second kappa shape index (κ2) is 6.15. The molecule has 0 bridgehead atoms. The van der Waals surface area contributed by atoms with Gasteiger partial charge in [-0.1, -0.05) is 35.9 Å². The van der Waals surface area contributed by atoms with E-state index in [1.54, 1.807) is 0 Å². The molecule has 3 nitrogen and oxygen atoms in total. The maximum atomic E-state index is 13.8. The SMILES string of the molecule is Cc1ccc2c(c1)CC[N+]([O-])(CC1CC1)[C@H]2Cc1ccc(C)c(O)c1. The molecule has 1 fully saturated rings. The molecule has 1 aliphatic heterocycles. The molecule has 0 amide bonds. The van der Waals surface area contributed by atoms with Crippen LogP contribution in [0.3, 0.4) is 0 Å². The Labute approximate surface area is 150 Å². The average molecular weight is 337 g/mol. The van der Waals surface area contributed by atoms with Crippen LogP contribution in [0.15, 0.2) is 36.4 Å². The van der Waals surface area contributed by atoms with E-state index in [4.69, 9.17) is 0 Å². The first-order chi connectivity index (χ1) is 11.9. The molecule has 0 aromatic heterocycles. The second-order valence-corrected chi connectivity index (χ2v) is 8.09. The maximum Gasteiger partial charge on any atom is 0.119 e. The van der Waals surface area contributed by atoms with Gasteiger partial charge in [-0.3, -0.25) is 0 Å². The van der Waals surface area contributed by atoms with Crippen LogP contribution in [0.4, 0.5) is 0 Å². The Morgan fingerprint density at radius 1 is 1.12 bits per heavy atom. The highest BCUT2D eigenvalue weighted by Gasteiger charge is 2.40. The van der Waals surface area contributed by atoms with E-state index in [-0.39, 0.29) is 10.7 Å². The molecular formula is C22H27NO2. The highest BCUT2D eigenvalue weighted by atomic mass is 16.5. The van der Waals surface area contributed by atoms with Crippen LogP contribution in [0.1, 0.15) is 46.7 Å². The first-order valence-corrected chi connectivity index (χ1v) is 9.40. The standard InChI is InChI=1S/C22H27NO2/c1-15-3-8-20-19(11-15)9-10-23(25,14-17-6-7-17)21(20)12-18-5-4-16(2)22(24)13-18/h3-5,8,11,13,17,21,24H,6-7,9-10,12,14H2,1-2H3/t21-,23?/m0/s1. The fourth-order valence-electron chi connectivity index (χ4n) is 4.23.